The molecule has 0 aliphatic rings. The summed E-state index contributed by atoms with van der Waals surface area (Å²) in [6, 6.07) is 6.60. The molecule has 100 valence electrons. The monoisotopic (exact) mass is 253 g/mol. The molecular formula is C13H20FN3O. The number of halogens is 1. The molecule has 3 N–H and O–H groups in total. The minimum Gasteiger partial charge on any atom is -0.302 e. The first-order chi connectivity index (χ1) is 8.61. The minimum atomic E-state index is -0.208. The highest BCUT2D eigenvalue weighted by molar-refractivity contribution is 5.75. The first-order valence-corrected chi connectivity index (χ1v) is 6.04. The van der Waals surface area contributed by atoms with Gasteiger partial charge in [-0.05, 0) is 44.1 Å². The molecule has 1 aromatic rings. The Kier molecular flexibility index (Phi) is 6.32. The van der Waals surface area contributed by atoms with Crippen LogP contribution in [0, 0.1) is 5.82 Å². The zero-order valence-corrected chi connectivity index (χ0v) is 10.7. The maximum atomic E-state index is 13.0. The number of nitrogens with one attached hydrogen (secondary N) is 1. The third-order valence-electron chi connectivity index (χ3n) is 2.70. The molecule has 0 radical (unpaired) electrons. The predicted molar refractivity (Wildman–Crippen MR) is 68.9 cm³/mol. The van der Waals surface area contributed by atoms with E-state index in [1.807, 2.05) is 13.1 Å². The lowest BCUT2D eigenvalue weighted by Gasteiger charge is -2.16. The van der Waals surface area contributed by atoms with Gasteiger partial charge < -0.3 is 4.90 Å². The Balaban J connectivity index is 2.21. The van der Waals surface area contributed by atoms with E-state index >= 15 is 0 Å². The van der Waals surface area contributed by atoms with Crippen molar-refractivity contribution in [2.45, 2.75) is 25.8 Å². The third kappa shape index (κ3) is 5.75. The summed E-state index contributed by atoms with van der Waals surface area (Å²) in [5, 5.41) is 0. The van der Waals surface area contributed by atoms with E-state index in [0.717, 1.165) is 24.9 Å². The number of hydrazine groups is 1. The largest absolute Gasteiger partial charge is 0.302 e. The molecule has 0 saturated heterocycles. The van der Waals surface area contributed by atoms with Crippen molar-refractivity contribution < 1.29 is 9.18 Å². The molecule has 5 heteroatoms. The van der Waals surface area contributed by atoms with E-state index in [4.69, 9.17) is 5.84 Å². The SMILES string of the molecule is CN(CCCCC(=O)NN)Cc1cccc(F)c1. The lowest BCUT2D eigenvalue weighted by molar-refractivity contribution is -0.121. The molecule has 0 heterocycles. The molecular weight excluding hydrogens is 233 g/mol. The molecule has 0 aliphatic heterocycles. The number of nitrogens with zero attached hydrogens (tertiary/aromatic N) is 1. The van der Waals surface area contributed by atoms with Crippen molar-refractivity contribution in [1.82, 2.24) is 10.3 Å². The van der Waals surface area contributed by atoms with Crippen molar-refractivity contribution in [1.29, 1.82) is 0 Å². The Morgan fingerprint density at radius 3 is 2.89 bits per heavy atom. The molecule has 0 fully saturated rings. The number of unbranched alkanes of at least 4 members (excludes halogenated alkanes) is 1. The van der Waals surface area contributed by atoms with Crippen LogP contribution in [0.3, 0.4) is 0 Å². The average molecular weight is 253 g/mol. The fraction of sp³-hybridized carbons (Fsp3) is 0.462. The molecule has 0 bridgehead atoms. The number of hydrogen-bond acceptors (Lipinski definition) is 3. The molecule has 4 nitrogen and oxygen atoms in total. The van der Waals surface area contributed by atoms with Crippen molar-refractivity contribution in [3.63, 3.8) is 0 Å². The Labute approximate surface area is 107 Å². The van der Waals surface area contributed by atoms with Gasteiger partial charge in [-0.25, -0.2) is 10.2 Å². The summed E-state index contributed by atoms with van der Waals surface area (Å²) < 4.78 is 13.0. The highest BCUT2D eigenvalue weighted by atomic mass is 19.1. The van der Waals surface area contributed by atoms with E-state index in [1.165, 1.54) is 6.07 Å². The lowest BCUT2D eigenvalue weighted by Crippen LogP contribution is -2.29. The van der Waals surface area contributed by atoms with Crippen LogP contribution in [-0.2, 0) is 11.3 Å². The van der Waals surface area contributed by atoms with Gasteiger partial charge in [-0.15, -0.1) is 0 Å². The number of carbonyl (C=O) groups excluding carboxylic acids is 1. The first kappa shape index (κ1) is 14.6. The Morgan fingerprint density at radius 1 is 1.44 bits per heavy atom. The number of carbonyl (C=O) groups is 1. The van der Waals surface area contributed by atoms with Crippen molar-refractivity contribution in [3.05, 3.63) is 35.6 Å². The number of benzene rings is 1. The normalized spacial score (nSPS) is 10.7. The summed E-state index contributed by atoms with van der Waals surface area (Å²) in [6.45, 7) is 1.58. The third-order valence-corrected chi connectivity index (χ3v) is 2.70. The van der Waals surface area contributed by atoms with E-state index in [1.54, 1.807) is 12.1 Å². The number of nitrogens with two attached hydrogens (primary N) is 1. The van der Waals surface area contributed by atoms with E-state index in [-0.39, 0.29) is 11.7 Å². The van der Waals surface area contributed by atoms with Crippen LogP contribution in [0.2, 0.25) is 0 Å². The summed E-state index contributed by atoms with van der Waals surface area (Å²) >= 11 is 0. The van der Waals surface area contributed by atoms with Gasteiger partial charge in [0.05, 0.1) is 0 Å². The van der Waals surface area contributed by atoms with Crippen LogP contribution in [-0.4, -0.2) is 24.4 Å². The second-order valence-corrected chi connectivity index (χ2v) is 4.39. The van der Waals surface area contributed by atoms with Gasteiger partial charge in [0.2, 0.25) is 5.91 Å². The molecule has 0 unspecified atom stereocenters. The van der Waals surface area contributed by atoms with Crippen LogP contribution >= 0.6 is 0 Å². The van der Waals surface area contributed by atoms with Crippen LogP contribution < -0.4 is 11.3 Å². The van der Waals surface area contributed by atoms with Crippen LogP contribution in [0.15, 0.2) is 24.3 Å². The predicted octanol–water partition coefficient (Wildman–Crippen LogP) is 1.42. The van der Waals surface area contributed by atoms with E-state index in [0.29, 0.717) is 13.0 Å². The average Bonchev–Trinajstić information content (AvgIpc) is 2.34. The van der Waals surface area contributed by atoms with Gasteiger partial charge in [-0.1, -0.05) is 12.1 Å². The second-order valence-electron chi connectivity index (χ2n) is 4.39. The standard InChI is InChI=1S/C13H20FN3O/c1-17(8-3-2-7-13(18)16-15)10-11-5-4-6-12(14)9-11/h4-6,9H,2-3,7-8,10,15H2,1H3,(H,16,18). The van der Waals surface area contributed by atoms with Gasteiger partial charge in [0.1, 0.15) is 5.82 Å². The first-order valence-electron chi connectivity index (χ1n) is 6.04. The van der Waals surface area contributed by atoms with Crippen molar-refractivity contribution in [2.75, 3.05) is 13.6 Å². The Bertz CT molecular complexity index is 384. The van der Waals surface area contributed by atoms with E-state index < -0.39 is 0 Å². The van der Waals surface area contributed by atoms with Gasteiger partial charge in [0.25, 0.3) is 0 Å². The maximum absolute atomic E-state index is 13.0. The summed E-state index contributed by atoms with van der Waals surface area (Å²) in [5.74, 6) is 4.64. The molecule has 0 atom stereocenters. The topological polar surface area (TPSA) is 58.4 Å². The molecule has 0 aliphatic carbocycles. The van der Waals surface area contributed by atoms with Gasteiger partial charge in [-0.2, -0.15) is 0 Å². The fourth-order valence-electron chi connectivity index (χ4n) is 1.77. The highest BCUT2D eigenvalue weighted by Gasteiger charge is 2.03. The van der Waals surface area contributed by atoms with Crippen molar-refractivity contribution >= 4 is 5.91 Å². The van der Waals surface area contributed by atoms with Gasteiger partial charge in [0, 0.05) is 13.0 Å². The quantitative estimate of drug-likeness (QED) is 0.334. The molecule has 1 aromatic carbocycles. The summed E-state index contributed by atoms with van der Waals surface area (Å²) in [6.07, 6.45) is 2.17. The fourth-order valence-corrected chi connectivity index (χ4v) is 1.77. The maximum Gasteiger partial charge on any atom is 0.233 e. The van der Waals surface area contributed by atoms with Crippen LogP contribution in [0.5, 0.6) is 0 Å². The Morgan fingerprint density at radius 2 is 2.22 bits per heavy atom. The molecule has 0 spiro atoms. The molecule has 1 rings (SSSR count). The molecule has 18 heavy (non-hydrogen) atoms. The van der Waals surface area contributed by atoms with Gasteiger partial charge in [0.15, 0.2) is 0 Å². The summed E-state index contributed by atoms with van der Waals surface area (Å²) in [5.41, 5.74) is 3.06. The Hall–Kier alpha value is -1.46. The molecule has 0 aromatic heterocycles. The number of hydrogen-bond donors (Lipinski definition) is 2. The van der Waals surface area contributed by atoms with Crippen LogP contribution in [0.1, 0.15) is 24.8 Å². The van der Waals surface area contributed by atoms with Crippen LogP contribution in [0.4, 0.5) is 4.39 Å². The van der Waals surface area contributed by atoms with E-state index in [9.17, 15) is 9.18 Å². The highest BCUT2D eigenvalue weighted by Crippen LogP contribution is 2.07. The molecule has 1 amide bonds. The number of amides is 1. The zero-order valence-electron chi connectivity index (χ0n) is 10.7. The lowest BCUT2D eigenvalue weighted by atomic mass is 10.2. The van der Waals surface area contributed by atoms with E-state index in [2.05, 4.69) is 10.3 Å². The molecule has 0 saturated carbocycles. The van der Waals surface area contributed by atoms with Crippen molar-refractivity contribution in [2.24, 2.45) is 5.84 Å². The van der Waals surface area contributed by atoms with Crippen LogP contribution in [0.25, 0.3) is 0 Å². The van der Waals surface area contributed by atoms with Crippen molar-refractivity contribution in [3.8, 4) is 0 Å². The van der Waals surface area contributed by atoms with Gasteiger partial charge in [-0.3, -0.25) is 10.2 Å². The smallest absolute Gasteiger partial charge is 0.233 e. The second kappa shape index (κ2) is 7.79. The summed E-state index contributed by atoms with van der Waals surface area (Å²) in [4.78, 5) is 13.0. The summed E-state index contributed by atoms with van der Waals surface area (Å²) in [7, 11) is 1.98. The minimum absolute atomic E-state index is 0.136. The van der Waals surface area contributed by atoms with Gasteiger partial charge >= 0.3 is 0 Å². The number of rotatable bonds is 7. The zero-order chi connectivity index (χ0) is 13.4.